The zero-order valence-corrected chi connectivity index (χ0v) is 8.05. The average molecular weight is 193 g/mol. The van der Waals surface area contributed by atoms with Crippen molar-refractivity contribution in [2.24, 2.45) is 5.73 Å². The third kappa shape index (κ3) is 0.957. The van der Waals surface area contributed by atoms with Gasteiger partial charge in [0.1, 0.15) is 0 Å². The summed E-state index contributed by atoms with van der Waals surface area (Å²) in [6.07, 6.45) is 7.36. The quantitative estimate of drug-likeness (QED) is 0.692. The first kappa shape index (κ1) is 7.53. The van der Waals surface area contributed by atoms with Crippen LogP contribution in [0.15, 0.2) is 12.4 Å². The zero-order chi connectivity index (χ0) is 8.84. The van der Waals surface area contributed by atoms with Crippen molar-refractivity contribution < 1.29 is 0 Å². The normalized spacial score (nSPS) is 22.1. The number of nitrogens with zero attached hydrogens (tertiary/aromatic N) is 2. The highest BCUT2D eigenvalue weighted by Crippen LogP contribution is 2.34. The van der Waals surface area contributed by atoms with Crippen LogP contribution in [0.5, 0.6) is 0 Å². The van der Waals surface area contributed by atoms with Gasteiger partial charge < -0.3 is 5.73 Å². The fourth-order valence-corrected chi connectivity index (χ4v) is 3.17. The second-order valence-corrected chi connectivity index (χ2v) is 4.50. The number of nitrogens with two attached hydrogens (primary N) is 1. The van der Waals surface area contributed by atoms with E-state index in [0.717, 1.165) is 17.8 Å². The van der Waals surface area contributed by atoms with Crippen molar-refractivity contribution >= 4 is 16.3 Å². The molecule has 4 heteroatoms. The number of hydrogen-bond donors (Lipinski definition) is 1. The summed E-state index contributed by atoms with van der Waals surface area (Å²) < 4.78 is 2.18. The van der Waals surface area contributed by atoms with Gasteiger partial charge >= 0.3 is 0 Å². The largest absolute Gasteiger partial charge is 0.323 e. The number of aryl methyl sites for hydroxylation is 1. The monoisotopic (exact) mass is 193 g/mol. The van der Waals surface area contributed by atoms with Gasteiger partial charge in [-0.3, -0.25) is 4.40 Å². The van der Waals surface area contributed by atoms with Crippen molar-refractivity contribution in [2.45, 2.75) is 25.3 Å². The van der Waals surface area contributed by atoms with Crippen LogP contribution in [0.1, 0.15) is 29.5 Å². The molecule has 0 radical (unpaired) electrons. The van der Waals surface area contributed by atoms with Gasteiger partial charge in [0, 0.05) is 29.0 Å². The van der Waals surface area contributed by atoms with Crippen molar-refractivity contribution in [1.29, 1.82) is 0 Å². The lowest BCUT2D eigenvalue weighted by Crippen LogP contribution is -2.16. The Balaban J connectivity index is 2.31. The number of rotatable bonds is 0. The number of aromatic nitrogens is 2. The van der Waals surface area contributed by atoms with E-state index in [1.165, 1.54) is 17.0 Å². The standard InChI is InChI=1S/C9H11N3S/c10-6-2-1-3-7-8(6)13-9-11-4-5-12(7)9/h4-6H,1-3,10H2. The van der Waals surface area contributed by atoms with Gasteiger partial charge in [0.15, 0.2) is 4.96 Å². The van der Waals surface area contributed by atoms with E-state index in [-0.39, 0.29) is 6.04 Å². The molecule has 3 rings (SSSR count). The molecule has 0 saturated carbocycles. The molecule has 68 valence electrons. The van der Waals surface area contributed by atoms with Crippen LogP contribution in [0.3, 0.4) is 0 Å². The highest BCUT2D eigenvalue weighted by atomic mass is 32.1. The molecule has 2 aromatic heterocycles. The molecule has 1 atom stereocenters. The number of imidazole rings is 1. The van der Waals surface area contributed by atoms with E-state index in [0.29, 0.717) is 0 Å². The lowest BCUT2D eigenvalue weighted by Gasteiger charge is -2.17. The molecule has 2 heterocycles. The van der Waals surface area contributed by atoms with Crippen LogP contribution in [0, 0.1) is 0 Å². The minimum atomic E-state index is 0.246. The van der Waals surface area contributed by atoms with Gasteiger partial charge in [0.2, 0.25) is 0 Å². The van der Waals surface area contributed by atoms with Gasteiger partial charge in [-0.2, -0.15) is 0 Å². The highest BCUT2D eigenvalue weighted by Gasteiger charge is 2.22. The van der Waals surface area contributed by atoms with Crippen LogP contribution in [-0.2, 0) is 6.42 Å². The summed E-state index contributed by atoms with van der Waals surface area (Å²) in [7, 11) is 0. The molecule has 0 aromatic carbocycles. The third-order valence-electron chi connectivity index (χ3n) is 2.65. The lowest BCUT2D eigenvalue weighted by molar-refractivity contribution is 0.569. The van der Waals surface area contributed by atoms with Crippen LogP contribution in [0.4, 0.5) is 0 Å². The maximum absolute atomic E-state index is 6.04. The average Bonchev–Trinajstić information content (AvgIpc) is 2.65. The van der Waals surface area contributed by atoms with Crippen LogP contribution in [0.2, 0.25) is 0 Å². The fourth-order valence-electron chi connectivity index (χ4n) is 2.00. The molecule has 2 N–H and O–H groups in total. The Labute approximate surface area is 80.2 Å². The zero-order valence-electron chi connectivity index (χ0n) is 7.23. The number of hydrogen-bond acceptors (Lipinski definition) is 3. The van der Waals surface area contributed by atoms with Crippen LogP contribution >= 0.6 is 11.3 Å². The molecular weight excluding hydrogens is 182 g/mol. The number of thiazole rings is 1. The van der Waals surface area contributed by atoms with Gasteiger partial charge in [0.25, 0.3) is 0 Å². The molecule has 0 bridgehead atoms. The predicted molar refractivity (Wildman–Crippen MR) is 52.9 cm³/mol. The van der Waals surface area contributed by atoms with Crippen LogP contribution in [0.25, 0.3) is 4.96 Å². The number of fused-ring (bicyclic) bond motifs is 3. The predicted octanol–water partition coefficient (Wildman–Crippen LogP) is 1.73. The highest BCUT2D eigenvalue weighted by molar-refractivity contribution is 7.17. The summed E-state index contributed by atoms with van der Waals surface area (Å²) in [5.74, 6) is 0. The Morgan fingerprint density at radius 3 is 3.46 bits per heavy atom. The SMILES string of the molecule is NC1CCCc2c1sc1nccn21. The molecule has 2 aromatic rings. The minimum absolute atomic E-state index is 0.246. The second kappa shape index (κ2) is 2.56. The molecule has 0 amide bonds. The molecule has 3 nitrogen and oxygen atoms in total. The van der Waals surface area contributed by atoms with E-state index < -0.39 is 0 Å². The fraction of sp³-hybridized carbons (Fsp3) is 0.444. The molecule has 1 aliphatic rings. The molecule has 13 heavy (non-hydrogen) atoms. The smallest absolute Gasteiger partial charge is 0.194 e. The summed E-state index contributed by atoms with van der Waals surface area (Å²) in [4.78, 5) is 6.71. The Kier molecular flexibility index (Phi) is 1.48. The molecule has 1 aliphatic carbocycles. The summed E-state index contributed by atoms with van der Waals surface area (Å²) in [5.41, 5.74) is 7.42. The molecule has 0 spiro atoms. The van der Waals surface area contributed by atoms with Crippen molar-refractivity contribution in [2.75, 3.05) is 0 Å². The Morgan fingerprint density at radius 1 is 1.62 bits per heavy atom. The lowest BCUT2D eigenvalue weighted by atomic mass is 9.99. The van der Waals surface area contributed by atoms with E-state index in [2.05, 4.69) is 9.38 Å². The molecule has 0 fully saturated rings. The van der Waals surface area contributed by atoms with Crippen molar-refractivity contribution in [3.05, 3.63) is 23.0 Å². The van der Waals surface area contributed by atoms with E-state index in [1.807, 2.05) is 12.4 Å². The van der Waals surface area contributed by atoms with Gasteiger partial charge in [-0.15, -0.1) is 0 Å². The first-order chi connectivity index (χ1) is 6.36. The maximum Gasteiger partial charge on any atom is 0.194 e. The van der Waals surface area contributed by atoms with E-state index in [1.54, 1.807) is 11.3 Å². The molecule has 0 saturated heterocycles. The van der Waals surface area contributed by atoms with Crippen molar-refractivity contribution in [3.8, 4) is 0 Å². The van der Waals surface area contributed by atoms with E-state index >= 15 is 0 Å². The Hall–Kier alpha value is -0.870. The van der Waals surface area contributed by atoms with Gasteiger partial charge in [0.05, 0.1) is 0 Å². The topological polar surface area (TPSA) is 43.3 Å². The van der Waals surface area contributed by atoms with Crippen LogP contribution in [-0.4, -0.2) is 9.38 Å². The first-order valence-electron chi connectivity index (χ1n) is 4.56. The first-order valence-corrected chi connectivity index (χ1v) is 5.38. The summed E-state index contributed by atoms with van der Waals surface area (Å²) in [5, 5.41) is 0. The Morgan fingerprint density at radius 2 is 2.54 bits per heavy atom. The summed E-state index contributed by atoms with van der Waals surface area (Å²) in [6.45, 7) is 0. The second-order valence-electron chi connectivity index (χ2n) is 3.49. The maximum atomic E-state index is 6.04. The van der Waals surface area contributed by atoms with Gasteiger partial charge in [-0.25, -0.2) is 4.98 Å². The van der Waals surface area contributed by atoms with Gasteiger partial charge in [-0.05, 0) is 19.3 Å². The van der Waals surface area contributed by atoms with Crippen LogP contribution < -0.4 is 5.73 Å². The molecular formula is C9H11N3S. The summed E-state index contributed by atoms with van der Waals surface area (Å²) >= 11 is 1.74. The van der Waals surface area contributed by atoms with Crippen molar-refractivity contribution in [1.82, 2.24) is 9.38 Å². The molecule has 1 unspecified atom stereocenters. The van der Waals surface area contributed by atoms with Crippen molar-refractivity contribution in [3.63, 3.8) is 0 Å². The Bertz CT molecular complexity index is 443. The van der Waals surface area contributed by atoms with E-state index in [4.69, 9.17) is 5.73 Å². The molecule has 0 aliphatic heterocycles. The summed E-state index contributed by atoms with van der Waals surface area (Å²) in [6, 6.07) is 0.246. The third-order valence-corrected chi connectivity index (χ3v) is 3.89. The van der Waals surface area contributed by atoms with E-state index in [9.17, 15) is 0 Å². The minimum Gasteiger partial charge on any atom is -0.323 e. The van der Waals surface area contributed by atoms with Gasteiger partial charge in [-0.1, -0.05) is 11.3 Å².